The van der Waals surface area contributed by atoms with E-state index in [1.807, 2.05) is 30.3 Å². The fraction of sp³-hybridized carbons (Fsp3) is 0.346. The molecule has 8 heteroatoms. The summed E-state index contributed by atoms with van der Waals surface area (Å²) in [5.41, 5.74) is 1.53. The quantitative estimate of drug-likeness (QED) is 0.291. The minimum atomic E-state index is -0.259. The maximum absolute atomic E-state index is 13.1. The number of hydrazone groups is 1. The lowest BCUT2D eigenvalue weighted by molar-refractivity contribution is -0.140. The fourth-order valence-electron chi connectivity index (χ4n) is 5.90. The molecule has 0 N–H and O–H groups in total. The Kier molecular flexibility index (Phi) is 5.30. The molecule has 2 aromatic rings. The van der Waals surface area contributed by atoms with Crippen LogP contribution >= 0.6 is 27.5 Å². The lowest BCUT2D eigenvalue weighted by Gasteiger charge is -2.37. The first-order valence-corrected chi connectivity index (χ1v) is 12.5. The largest absolute Gasteiger partial charge is 0.493 e. The number of benzene rings is 2. The first-order valence-electron chi connectivity index (χ1n) is 11.3. The Bertz CT molecular complexity index is 1230. The topological polar surface area (TPSA) is 68.2 Å². The van der Waals surface area contributed by atoms with Crippen LogP contribution < -0.4 is 9.47 Å². The summed E-state index contributed by atoms with van der Waals surface area (Å²) < 4.78 is 12.2. The molecule has 5 aliphatic rings. The second-order valence-electron chi connectivity index (χ2n) is 9.30. The number of carbonyl (C=O) groups is 2. The molecule has 0 unspecified atom stereocenters. The Morgan fingerprint density at radius 1 is 1.12 bits per heavy atom. The number of allylic oxidation sites excluding steroid dienone is 2. The van der Waals surface area contributed by atoms with Gasteiger partial charge in [0.25, 0.3) is 11.8 Å². The second-order valence-corrected chi connectivity index (χ2v) is 10.6. The van der Waals surface area contributed by atoms with Crippen molar-refractivity contribution in [2.75, 3.05) is 7.11 Å². The normalized spacial score (nSPS) is 30.6. The monoisotopic (exact) mass is 540 g/mol. The first-order chi connectivity index (χ1) is 16.5. The summed E-state index contributed by atoms with van der Waals surface area (Å²) in [5, 5.41) is 6.02. The predicted molar refractivity (Wildman–Crippen MR) is 131 cm³/mol. The number of carbonyl (C=O) groups excluding carboxylic acids is 2. The number of ether oxygens (including phenoxy) is 2. The number of amides is 2. The van der Waals surface area contributed by atoms with E-state index < -0.39 is 0 Å². The van der Waals surface area contributed by atoms with Gasteiger partial charge in [0.1, 0.15) is 6.61 Å². The van der Waals surface area contributed by atoms with Crippen LogP contribution in [0.1, 0.15) is 17.5 Å². The zero-order valence-corrected chi connectivity index (χ0v) is 20.7. The summed E-state index contributed by atoms with van der Waals surface area (Å²) >= 11 is 9.77. The molecule has 174 valence electrons. The number of imide groups is 1. The predicted octanol–water partition coefficient (Wildman–Crippen LogP) is 5.08. The first kappa shape index (κ1) is 21.9. The summed E-state index contributed by atoms with van der Waals surface area (Å²) in [7, 11) is 1.55. The zero-order valence-electron chi connectivity index (χ0n) is 18.4. The summed E-state index contributed by atoms with van der Waals surface area (Å²) in [6.07, 6.45) is 6.97. The number of nitrogens with zero attached hydrogens (tertiary/aromatic N) is 2. The molecule has 2 saturated carbocycles. The lowest BCUT2D eigenvalue weighted by Crippen LogP contribution is -2.40. The molecule has 2 aromatic carbocycles. The van der Waals surface area contributed by atoms with Gasteiger partial charge in [-0.3, -0.25) is 9.59 Å². The highest BCUT2D eigenvalue weighted by Crippen LogP contribution is 2.65. The van der Waals surface area contributed by atoms with E-state index in [4.69, 9.17) is 21.1 Å². The van der Waals surface area contributed by atoms with Crippen molar-refractivity contribution >= 4 is 45.6 Å². The number of rotatable bonds is 6. The van der Waals surface area contributed by atoms with Crippen molar-refractivity contribution in [3.05, 3.63) is 69.2 Å². The summed E-state index contributed by atoms with van der Waals surface area (Å²) in [5.74, 6) is 1.64. The van der Waals surface area contributed by atoms with Crippen molar-refractivity contribution in [2.45, 2.75) is 13.0 Å². The van der Waals surface area contributed by atoms with Crippen molar-refractivity contribution in [3.8, 4) is 11.5 Å². The Morgan fingerprint density at radius 2 is 1.79 bits per heavy atom. The van der Waals surface area contributed by atoms with Crippen LogP contribution in [0.25, 0.3) is 0 Å². The number of halogens is 2. The number of hydrogen-bond acceptors (Lipinski definition) is 5. The van der Waals surface area contributed by atoms with Crippen molar-refractivity contribution < 1.29 is 19.1 Å². The summed E-state index contributed by atoms with van der Waals surface area (Å²) in [6, 6.07) is 11.1. The van der Waals surface area contributed by atoms with Gasteiger partial charge in [-0.25, -0.2) is 0 Å². The third kappa shape index (κ3) is 3.40. The molecule has 2 amide bonds. The van der Waals surface area contributed by atoms with E-state index in [9.17, 15) is 9.59 Å². The highest BCUT2D eigenvalue weighted by atomic mass is 79.9. The van der Waals surface area contributed by atoms with Crippen molar-refractivity contribution in [1.82, 2.24) is 5.01 Å². The molecular weight excluding hydrogens is 520 g/mol. The lowest BCUT2D eigenvalue weighted by atomic mass is 9.63. The number of hydrogen-bond donors (Lipinski definition) is 0. The van der Waals surface area contributed by atoms with E-state index in [2.05, 4.69) is 33.2 Å². The number of methoxy groups -OCH3 is 1. The van der Waals surface area contributed by atoms with Crippen LogP contribution in [0.4, 0.5) is 0 Å². The highest BCUT2D eigenvalue weighted by molar-refractivity contribution is 9.10. The average Bonchev–Trinajstić information content (AvgIpc) is 3.62. The van der Waals surface area contributed by atoms with Gasteiger partial charge in [0, 0.05) is 10.6 Å². The fourth-order valence-corrected chi connectivity index (χ4v) is 6.66. The Balaban J connectivity index is 1.21. The van der Waals surface area contributed by atoms with Gasteiger partial charge in [0.2, 0.25) is 0 Å². The van der Waals surface area contributed by atoms with E-state index in [1.54, 1.807) is 13.2 Å². The zero-order chi connectivity index (χ0) is 23.6. The van der Waals surface area contributed by atoms with Crippen LogP contribution in [-0.2, 0) is 16.2 Å². The molecule has 0 spiro atoms. The second kappa shape index (κ2) is 8.24. The van der Waals surface area contributed by atoms with Crippen molar-refractivity contribution in [2.24, 2.45) is 40.6 Å². The molecule has 7 rings (SSSR count). The standard InChI is InChI=1S/C26H22BrClN2O4/c1-33-21-9-13(8-19(27)24(21)34-12-14-4-2-3-5-20(14)28)11-29-30-25(31)22-15-6-7-16(18-10-17(15)18)23(22)26(30)32/h2-9,11,15-18,22-23H,10,12H2,1H3/b29-11-/t15-,16-,17-,18-,22+,23+/m1/s1. The molecule has 1 heterocycles. The van der Waals surface area contributed by atoms with E-state index in [1.165, 1.54) is 6.21 Å². The maximum atomic E-state index is 13.1. The summed E-state index contributed by atoms with van der Waals surface area (Å²) in [6.45, 7) is 0.278. The molecule has 34 heavy (non-hydrogen) atoms. The van der Waals surface area contributed by atoms with Gasteiger partial charge in [-0.2, -0.15) is 10.1 Å². The molecule has 0 aromatic heterocycles. The minimum Gasteiger partial charge on any atom is -0.493 e. The van der Waals surface area contributed by atoms with Crippen LogP contribution in [-0.4, -0.2) is 30.1 Å². The van der Waals surface area contributed by atoms with Crippen molar-refractivity contribution in [1.29, 1.82) is 0 Å². The van der Waals surface area contributed by atoms with Gasteiger partial charge in [-0.1, -0.05) is 42.0 Å². The van der Waals surface area contributed by atoms with Crippen LogP contribution in [0.3, 0.4) is 0 Å². The summed E-state index contributed by atoms with van der Waals surface area (Å²) in [4.78, 5) is 26.2. The Morgan fingerprint density at radius 3 is 2.44 bits per heavy atom. The molecule has 3 fully saturated rings. The molecule has 2 bridgehead atoms. The van der Waals surface area contributed by atoms with Gasteiger partial charge < -0.3 is 9.47 Å². The van der Waals surface area contributed by atoms with Crippen LogP contribution in [0, 0.1) is 35.5 Å². The van der Waals surface area contributed by atoms with E-state index in [0.29, 0.717) is 38.4 Å². The molecule has 1 aliphatic heterocycles. The van der Waals surface area contributed by atoms with E-state index in [-0.39, 0.29) is 42.1 Å². The van der Waals surface area contributed by atoms with Crippen molar-refractivity contribution in [3.63, 3.8) is 0 Å². The molecular formula is C26H22BrClN2O4. The minimum absolute atomic E-state index is 0.179. The Labute approximate surface area is 210 Å². The van der Waals surface area contributed by atoms with Gasteiger partial charge in [0.15, 0.2) is 11.5 Å². The smallest absolute Gasteiger partial charge is 0.254 e. The van der Waals surface area contributed by atoms with E-state index in [0.717, 1.165) is 17.0 Å². The maximum Gasteiger partial charge on any atom is 0.254 e. The molecule has 6 nitrogen and oxygen atoms in total. The van der Waals surface area contributed by atoms with Gasteiger partial charge >= 0.3 is 0 Å². The van der Waals surface area contributed by atoms with Gasteiger partial charge in [0.05, 0.1) is 29.6 Å². The molecule has 6 atom stereocenters. The molecule has 0 radical (unpaired) electrons. The third-order valence-electron chi connectivity index (χ3n) is 7.54. The van der Waals surface area contributed by atoms with Crippen LogP contribution in [0.15, 0.2) is 58.1 Å². The third-order valence-corrected chi connectivity index (χ3v) is 8.50. The van der Waals surface area contributed by atoms with Crippen LogP contribution in [0.5, 0.6) is 11.5 Å². The highest BCUT2D eigenvalue weighted by Gasteiger charge is 2.67. The average molecular weight is 542 g/mol. The van der Waals surface area contributed by atoms with E-state index >= 15 is 0 Å². The van der Waals surface area contributed by atoms with Gasteiger partial charge in [-0.05, 0) is 69.8 Å². The molecule has 4 aliphatic carbocycles. The van der Waals surface area contributed by atoms with Crippen LogP contribution in [0.2, 0.25) is 5.02 Å². The van der Waals surface area contributed by atoms with Gasteiger partial charge in [-0.15, -0.1) is 0 Å². The Hall–Kier alpha value is -2.64. The SMILES string of the molecule is COc1cc(/C=N\N2C(=O)[C@H]3[C@@H]4C=C[C@H]([C@H]5C[C@H]45)[C@@H]3C2=O)cc(Br)c1OCc1ccccc1Cl. The molecule has 1 saturated heterocycles.